The molecule has 0 spiro atoms. The van der Waals surface area contributed by atoms with Crippen molar-refractivity contribution in [3.63, 3.8) is 0 Å². The Kier molecular flexibility index (Phi) is 10.6. The molecule has 1 aromatic heterocycles. The molecule has 2 N–H and O–H groups in total. The number of hydrogen-bond donors (Lipinski definition) is 2. The molecule has 0 saturated heterocycles. The number of thioether (sulfide) groups is 1. The largest absolute Gasteiger partial charge is 0.356 e. The number of halogens is 1. The second kappa shape index (κ2) is 12.2. The molecule has 0 atom stereocenters. The van der Waals surface area contributed by atoms with E-state index in [-0.39, 0.29) is 24.0 Å². The lowest BCUT2D eigenvalue weighted by Gasteiger charge is -2.14. The Morgan fingerprint density at radius 1 is 1.25 bits per heavy atom. The fraction of sp³-hybridized carbons (Fsp3) is 0.412. The van der Waals surface area contributed by atoms with Gasteiger partial charge in [-0.15, -0.1) is 24.0 Å². The van der Waals surface area contributed by atoms with Crippen LogP contribution in [0, 0.1) is 0 Å². The maximum absolute atomic E-state index is 4.28. The first kappa shape index (κ1) is 20.8. The van der Waals surface area contributed by atoms with Crippen LogP contribution in [0.3, 0.4) is 0 Å². The summed E-state index contributed by atoms with van der Waals surface area (Å²) in [6.07, 6.45) is 10.1. The number of unbranched alkanes of at least 4 members (excludes halogenated alkanes) is 1. The van der Waals surface area contributed by atoms with Crippen molar-refractivity contribution in [1.82, 2.24) is 20.2 Å². The molecule has 2 rings (SSSR count). The third-order valence-electron chi connectivity index (χ3n) is 3.51. The van der Waals surface area contributed by atoms with Gasteiger partial charge in [0.15, 0.2) is 5.96 Å². The summed E-state index contributed by atoms with van der Waals surface area (Å²) in [6.45, 7) is 1.67. The van der Waals surface area contributed by atoms with Gasteiger partial charge in [-0.1, -0.05) is 18.2 Å². The third-order valence-corrected chi connectivity index (χ3v) is 4.21. The number of benzene rings is 1. The zero-order valence-electron chi connectivity index (χ0n) is 14.2. The molecule has 132 valence electrons. The quantitative estimate of drug-likeness (QED) is 0.275. The van der Waals surface area contributed by atoms with Crippen LogP contribution in [0.25, 0.3) is 5.69 Å². The zero-order valence-corrected chi connectivity index (χ0v) is 17.4. The molecule has 1 aromatic carbocycles. The highest BCUT2D eigenvalue weighted by Gasteiger charge is 2.04. The van der Waals surface area contributed by atoms with Crippen molar-refractivity contribution in [2.45, 2.75) is 19.4 Å². The number of imidazole rings is 1. The summed E-state index contributed by atoms with van der Waals surface area (Å²) in [5, 5.41) is 6.74. The van der Waals surface area contributed by atoms with Gasteiger partial charge in [0.1, 0.15) is 0 Å². The van der Waals surface area contributed by atoms with Gasteiger partial charge in [-0.3, -0.25) is 4.99 Å². The van der Waals surface area contributed by atoms with Crippen molar-refractivity contribution in [3.8, 4) is 5.69 Å². The molecule has 0 amide bonds. The highest BCUT2D eigenvalue weighted by atomic mass is 127. The van der Waals surface area contributed by atoms with E-state index in [2.05, 4.69) is 45.1 Å². The first-order valence-electron chi connectivity index (χ1n) is 7.85. The van der Waals surface area contributed by atoms with Gasteiger partial charge in [-0.2, -0.15) is 11.8 Å². The lowest BCUT2D eigenvalue weighted by Crippen LogP contribution is -2.37. The van der Waals surface area contributed by atoms with Crippen molar-refractivity contribution < 1.29 is 0 Å². The molecule has 5 nitrogen and oxygen atoms in total. The number of aromatic nitrogens is 2. The van der Waals surface area contributed by atoms with E-state index in [1.807, 2.05) is 34.9 Å². The van der Waals surface area contributed by atoms with E-state index in [0.29, 0.717) is 0 Å². The van der Waals surface area contributed by atoms with E-state index in [4.69, 9.17) is 0 Å². The van der Waals surface area contributed by atoms with Gasteiger partial charge in [0.05, 0.1) is 12.0 Å². The Hall–Kier alpha value is -1.22. The smallest absolute Gasteiger partial charge is 0.191 e. The number of rotatable bonds is 8. The minimum Gasteiger partial charge on any atom is -0.356 e. The first-order chi connectivity index (χ1) is 11.3. The molecule has 0 bridgehead atoms. The van der Waals surface area contributed by atoms with E-state index in [0.717, 1.165) is 31.2 Å². The van der Waals surface area contributed by atoms with Gasteiger partial charge in [0.2, 0.25) is 0 Å². The summed E-state index contributed by atoms with van der Waals surface area (Å²) in [4.78, 5) is 8.40. The zero-order chi connectivity index (χ0) is 16.3. The van der Waals surface area contributed by atoms with Crippen molar-refractivity contribution in [2.75, 3.05) is 25.6 Å². The van der Waals surface area contributed by atoms with Crippen LogP contribution in [0.4, 0.5) is 0 Å². The van der Waals surface area contributed by atoms with E-state index in [1.165, 1.54) is 17.7 Å². The highest BCUT2D eigenvalue weighted by Crippen LogP contribution is 2.13. The van der Waals surface area contributed by atoms with Crippen molar-refractivity contribution >= 4 is 41.7 Å². The SMILES string of the molecule is CN=C(NCCCCSC)NCc1ccccc1-n1ccnc1.I. The summed E-state index contributed by atoms with van der Waals surface area (Å²) in [5.41, 5.74) is 2.34. The molecule has 0 aliphatic rings. The van der Waals surface area contributed by atoms with Crippen molar-refractivity contribution in [1.29, 1.82) is 0 Å². The number of aliphatic imine (C=N–C) groups is 1. The molecule has 0 saturated carbocycles. The van der Waals surface area contributed by atoms with Crippen molar-refractivity contribution in [2.24, 2.45) is 4.99 Å². The van der Waals surface area contributed by atoms with E-state index in [9.17, 15) is 0 Å². The van der Waals surface area contributed by atoms with Gasteiger partial charge >= 0.3 is 0 Å². The van der Waals surface area contributed by atoms with Gasteiger partial charge in [0, 0.05) is 32.5 Å². The molecule has 0 radical (unpaired) electrons. The summed E-state index contributed by atoms with van der Waals surface area (Å²) >= 11 is 1.89. The predicted octanol–water partition coefficient (Wildman–Crippen LogP) is 3.30. The molecule has 0 aliphatic carbocycles. The molecule has 0 unspecified atom stereocenters. The molecule has 2 aromatic rings. The minimum absolute atomic E-state index is 0. The van der Waals surface area contributed by atoms with E-state index >= 15 is 0 Å². The summed E-state index contributed by atoms with van der Waals surface area (Å²) in [7, 11) is 1.80. The first-order valence-corrected chi connectivity index (χ1v) is 9.24. The second-order valence-corrected chi connectivity index (χ2v) is 6.14. The van der Waals surface area contributed by atoms with Gasteiger partial charge in [-0.25, -0.2) is 4.98 Å². The normalized spacial score (nSPS) is 11.0. The topological polar surface area (TPSA) is 54.2 Å². The van der Waals surface area contributed by atoms with Crippen LogP contribution in [0.15, 0.2) is 48.0 Å². The molecule has 7 heteroatoms. The minimum atomic E-state index is 0. The molecule has 1 heterocycles. The Labute approximate surface area is 165 Å². The summed E-state index contributed by atoms with van der Waals surface area (Å²) in [6, 6.07) is 8.30. The van der Waals surface area contributed by atoms with Crippen LogP contribution in [-0.2, 0) is 6.54 Å². The third kappa shape index (κ3) is 6.72. The molecule has 0 aliphatic heterocycles. The number of guanidine groups is 1. The Bertz CT molecular complexity index is 601. The lowest BCUT2D eigenvalue weighted by atomic mass is 10.1. The molecule has 0 fully saturated rings. The van der Waals surface area contributed by atoms with Crippen LogP contribution in [0.2, 0.25) is 0 Å². The summed E-state index contributed by atoms with van der Waals surface area (Å²) < 4.78 is 2.02. The van der Waals surface area contributed by atoms with Crippen LogP contribution in [0.5, 0.6) is 0 Å². The number of nitrogens with one attached hydrogen (secondary N) is 2. The van der Waals surface area contributed by atoms with Gasteiger partial charge < -0.3 is 15.2 Å². The molecule has 24 heavy (non-hydrogen) atoms. The predicted molar refractivity (Wildman–Crippen MR) is 115 cm³/mol. The molecular formula is C17H26IN5S. The van der Waals surface area contributed by atoms with Gasteiger partial charge in [0.25, 0.3) is 0 Å². The van der Waals surface area contributed by atoms with Crippen LogP contribution in [0.1, 0.15) is 18.4 Å². The second-order valence-electron chi connectivity index (χ2n) is 5.15. The highest BCUT2D eigenvalue weighted by molar-refractivity contribution is 14.0. The number of hydrogen-bond acceptors (Lipinski definition) is 3. The Morgan fingerprint density at radius 3 is 2.79 bits per heavy atom. The van der Waals surface area contributed by atoms with E-state index in [1.54, 1.807) is 13.2 Å². The maximum Gasteiger partial charge on any atom is 0.191 e. The van der Waals surface area contributed by atoms with Crippen LogP contribution < -0.4 is 10.6 Å². The number of para-hydroxylation sites is 1. The van der Waals surface area contributed by atoms with Gasteiger partial charge in [-0.05, 0) is 36.5 Å². The summed E-state index contributed by atoms with van der Waals surface area (Å²) in [5.74, 6) is 2.06. The lowest BCUT2D eigenvalue weighted by molar-refractivity contribution is 0.732. The standard InChI is InChI=1S/C17H25N5S.HI/c1-18-17(20-9-5-6-12-23-2)21-13-15-7-3-4-8-16(15)22-11-10-19-14-22;/h3-4,7-8,10-11,14H,5-6,9,12-13H2,1-2H3,(H2,18,20,21);1H. The Balaban J connectivity index is 0.00000288. The van der Waals surface area contributed by atoms with Crippen molar-refractivity contribution in [3.05, 3.63) is 48.5 Å². The maximum atomic E-state index is 4.28. The average molecular weight is 459 g/mol. The van der Waals surface area contributed by atoms with E-state index < -0.39 is 0 Å². The van der Waals surface area contributed by atoms with Crippen LogP contribution >= 0.6 is 35.7 Å². The monoisotopic (exact) mass is 459 g/mol. The number of nitrogens with zero attached hydrogens (tertiary/aromatic N) is 3. The fourth-order valence-electron chi connectivity index (χ4n) is 2.29. The Morgan fingerprint density at radius 2 is 2.08 bits per heavy atom. The molecular weight excluding hydrogens is 433 g/mol. The fourth-order valence-corrected chi connectivity index (χ4v) is 2.78. The average Bonchev–Trinajstić information content (AvgIpc) is 3.12. The van der Waals surface area contributed by atoms with Crippen LogP contribution in [-0.4, -0.2) is 41.1 Å².